The highest BCUT2D eigenvalue weighted by molar-refractivity contribution is 5.66. The number of pyridine rings is 1. The minimum absolute atomic E-state index is 0.263. The van der Waals surface area contributed by atoms with Gasteiger partial charge in [-0.15, -0.1) is 0 Å². The molecule has 118 valence electrons. The van der Waals surface area contributed by atoms with Gasteiger partial charge in [-0.3, -0.25) is 0 Å². The van der Waals surface area contributed by atoms with Crippen LogP contribution in [0.15, 0.2) is 54.9 Å². The molecule has 4 nitrogen and oxygen atoms in total. The van der Waals surface area contributed by atoms with Crippen LogP contribution in [0.2, 0.25) is 0 Å². The van der Waals surface area contributed by atoms with Crippen molar-refractivity contribution >= 4 is 0 Å². The van der Waals surface area contributed by atoms with Crippen LogP contribution in [-0.2, 0) is 6.18 Å². The van der Waals surface area contributed by atoms with Gasteiger partial charge in [0.25, 0.3) is 0 Å². The molecule has 0 saturated carbocycles. The number of hydrogen-bond acceptors (Lipinski definition) is 3. The van der Waals surface area contributed by atoms with Gasteiger partial charge in [-0.05, 0) is 30.3 Å². The van der Waals surface area contributed by atoms with Gasteiger partial charge in [-0.2, -0.15) is 18.3 Å². The van der Waals surface area contributed by atoms with Crippen LogP contribution in [0.1, 0.15) is 5.56 Å². The van der Waals surface area contributed by atoms with E-state index in [1.807, 2.05) is 0 Å². The number of halogens is 3. The predicted molar refractivity (Wildman–Crippen MR) is 78.3 cm³/mol. The number of alkyl halides is 3. The molecule has 23 heavy (non-hydrogen) atoms. The zero-order chi connectivity index (χ0) is 16.4. The van der Waals surface area contributed by atoms with Gasteiger partial charge >= 0.3 is 6.18 Å². The lowest BCUT2D eigenvalue weighted by atomic mass is 10.1. The van der Waals surface area contributed by atoms with Crippen molar-refractivity contribution in [1.82, 2.24) is 14.8 Å². The molecule has 0 aliphatic heterocycles. The summed E-state index contributed by atoms with van der Waals surface area (Å²) in [4.78, 5) is 3.81. The van der Waals surface area contributed by atoms with Crippen molar-refractivity contribution in [3.63, 3.8) is 0 Å². The normalized spacial score (nSPS) is 11.5. The lowest BCUT2D eigenvalue weighted by Crippen LogP contribution is -2.12. The number of nitrogens with zero attached hydrogens (tertiary/aromatic N) is 3. The molecule has 7 heteroatoms. The molecule has 0 fully saturated rings. The van der Waals surface area contributed by atoms with Crippen molar-refractivity contribution in [2.75, 3.05) is 7.11 Å². The number of para-hydroxylation sites is 1. The van der Waals surface area contributed by atoms with Gasteiger partial charge in [0.2, 0.25) is 0 Å². The topological polar surface area (TPSA) is 39.9 Å². The Balaban J connectivity index is 2.07. The highest BCUT2D eigenvalue weighted by Gasteiger charge is 2.34. The maximum absolute atomic E-state index is 13.1. The minimum atomic E-state index is -4.50. The maximum Gasteiger partial charge on any atom is 0.420 e. The van der Waals surface area contributed by atoms with Crippen LogP contribution < -0.4 is 4.74 Å². The van der Waals surface area contributed by atoms with Crippen molar-refractivity contribution in [3.05, 3.63) is 60.4 Å². The van der Waals surface area contributed by atoms with Gasteiger partial charge < -0.3 is 4.74 Å². The lowest BCUT2D eigenvalue weighted by Gasteiger charge is -2.11. The van der Waals surface area contributed by atoms with E-state index in [1.54, 1.807) is 30.3 Å². The zero-order valence-electron chi connectivity index (χ0n) is 12.1. The van der Waals surface area contributed by atoms with E-state index in [0.717, 1.165) is 10.7 Å². The van der Waals surface area contributed by atoms with Crippen LogP contribution in [0.4, 0.5) is 13.2 Å². The summed E-state index contributed by atoms with van der Waals surface area (Å²) in [6, 6.07) is 11.0. The smallest absolute Gasteiger partial charge is 0.420 e. The van der Waals surface area contributed by atoms with Crippen molar-refractivity contribution in [2.45, 2.75) is 6.18 Å². The Morgan fingerprint density at radius 1 is 1.04 bits per heavy atom. The molecular formula is C16H12F3N3O. The summed E-state index contributed by atoms with van der Waals surface area (Å²) < 4.78 is 45.6. The molecule has 0 saturated heterocycles. The Kier molecular flexibility index (Phi) is 3.77. The molecular weight excluding hydrogens is 307 g/mol. The van der Waals surface area contributed by atoms with Crippen LogP contribution in [0, 0.1) is 0 Å². The Labute approximate surface area is 130 Å². The Hall–Kier alpha value is -2.83. The van der Waals surface area contributed by atoms with E-state index < -0.39 is 11.7 Å². The molecule has 0 amide bonds. The summed E-state index contributed by atoms with van der Waals surface area (Å²) in [7, 11) is 1.52. The third-order valence-corrected chi connectivity index (χ3v) is 3.28. The van der Waals surface area contributed by atoms with E-state index in [2.05, 4.69) is 10.1 Å². The number of hydrogen-bond donors (Lipinski definition) is 0. The molecule has 0 radical (unpaired) electrons. The number of aromatic nitrogens is 3. The van der Waals surface area contributed by atoms with Crippen LogP contribution in [0.3, 0.4) is 0 Å². The highest BCUT2D eigenvalue weighted by atomic mass is 19.4. The van der Waals surface area contributed by atoms with E-state index in [0.29, 0.717) is 17.0 Å². The molecule has 2 aromatic heterocycles. The molecule has 3 aromatic rings. The average Bonchev–Trinajstić information content (AvgIpc) is 3.03. The van der Waals surface area contributed by atoms with Gasteiger partial charge in [0.15, 0.2) is 5.82 Å². The van der Waals surface area contributed by atoms with Gasteiger partial charge in [0.05, 0.1) is 12.8 Å². The molecule has 0 unspecified atom stereocenters. The van der Waals surface area contributed by atoms with Gasteiger partial charge in [-0.25, -0.2) is 9.67 Å². The van der Waals surface area contributed by atoms with E-state index in [-0.39, 0.29) is 5.82 Å². The molecule has 0 N–H and O–H groups in total. The number of benzene rings is 1. The van der Waals surface area contributed by atoms with Crippen molar-refractivity contribution in [2.24, 2.45) is 0 Å². The second kappa shape index (κ2) is 5.75. The number of methoxy groups -OCH3 is 1. The summed E-state index contributed by atoms with van der Waals surface area (Å²) in [6.45, 7) is 0. The van der Waals surface area contributed by atoms with Gasteiger partial charge in [0, 0.05) is 18.0 Å². The second-order valence-electron chi connectivity index (χ2n) is 4.72. The van der Waals surface area contributed by atoms with Gasteiger partial charge in [0.1, 0.15) is 11.3 Å². The first kappa shape index (κ1) is 15.1. The molecule has 0 aliphatic carbocycles. The summed E-state index contributed by atoms with van der Waals surface area (Å²) in [5, 5.41) is 4.21. The summed E-state index contributed by atoms with van der Waals surface area (Å²) in [5.74, 6) is 0.330. The monoisotopic (exact) mass is 319 g/mol. The van der Waals surface area contributed by atoms with Crippen molar-refractivity contribution in [1.29, 1.82) is 0 Å². The average molecular weight is 319 g/mol. The first-order valence-corrected chi connectivity index (χ1v) is 6.72. The molecule has 0 aliphatic rings. The Morgan fingerprint density at radius 2 is 1.83 bits per heavy atom. The minimum Gasteiger partial charge on any atom is -0.496 e. The molecule has 2 heterocycles. The number of ether oxygens (including phenoxy) is 1. The Bertz CT molecular complexity index is 827. The first-order chi connectivity index (χ1) is 11.0. The van der Waals surface area contributed by atoms with E-state index in [9.17, 15) is 13.2 Å². The van der Waals surface area contributed by atoms with Crippen LogP contribution in [-0.4, -0.2) is 21.9 Å². The molecule has 0 atom stereocenters. The second-order valence-corrected chi connectivity index (χ2v) is 4.72. The maximum atomic E-state index is 13.1. The third kappa shape index (κ3) is 2.90. The third-order valence-electron chi connectivity index (χ3n) is 3.28. The van der Waals surface area contributed by atoms with E-state index in [4.69, 9.17) is 4.74 Å². The highest BCUT2D eigenvalue weighted by Crippen LogP contribution is 2.33. The largest absolute Gasteiger partial charge is 0.496 e. The molecule has 1 aromatic carbocycles. The Morgan fingerprint density at radius 3 is 2.57 bits per heavy atom. The number of rotatable bonds is 3. The predicted octanol–water partition coefficient (Wildman–Crippen LogP) is 3.96. The summed E-state index contributed by atoms with van der Waals surface area (Å²) >= 11 is 0. The van der Waals surface area contributed by atoms with Crippen molar-refractivity contribution < 1.29 is 17.9 Å². The molecule has 0 bridgehead atoms. The lowest BCUT2D eigenvalue weighted by molar-refractivity contribution is -0.137. The van der Waals surface area contributed by atoms with Crippen molar-refractivity contribution in [3.8, 4) is 22.8 Å². The van der Waals surface area contributed by atoms with Crippen LogP contribution in [0.25, 0.3) is 17.1 Å². The molecule has 3 rings (SSSR count). The SMILES string of the molecule is COc1ccccc1-c1ccn(-c2ncccc2C(F)(F)F)n1. The standard InChI is InChI=1S/C16H12F3N3O/c1-23-14-7-3-2-5-11(14)13-8-10-22(21-13)15-12(16(17,18)19)6-4-9-20-15/h2-10H,1H3. The fourth-order valence-corrected chi connectivity index (χ4v) is 2.24. The van der Waals surface area contributed by atoms with Gasteiger partial charge in [-0.1, -0.05) is 12.1 Å². The zero-order valence-corrected chi connectivity index (χ0v) is 12.1. The fourth-order valence-electron chi connectivity index (χ4n) is 2.24. The van der Waals surface area contributed by atoms with E-state index in [1.165, 1.54) is 25.6 Å². The quantitative estimate of drug-likeness (QED) is 0.733. The molecule has 0 spiro atoms. The fraction of sp³-hybridized carbons (Fsp3) is 0.125. The van der Waals surface area contributed by atoms with Crippen LogP contribution in [0.5, 0.6) is 5.75 Å². The first-order valence-electron chi connectivity index (χ1n) is 6.72. The van der Waals surface area contributed by atoms with Crippen LogP contribution >= 0.6 is 0 Å². The summed E-state index contributed by atoms with van der Waals surface area (Å²) in [6.07, 6.45) is -1.76. The van der Waals surface area contributed by atoms with E-state index >= 15 is 0 Å². The summed E-state index contributed by atoms with van der Waals surface area (Å²) in [5.41, 5.74) is 0.356.